The first-order valence-electron chi connectivity index (χ1n) is 13.9. The molecule has 0 bridgehead atoms. The highest BCUT2D eigenvalue weighted by Gasteiger charge is 2.46. The summed E-state index contributed by atoms with van der Waals surface area (Å²) in [5.41, 5.74) is 0.450. The van der Waals surface area contributed by atoms with E-state index >= 15 is 0 Å². The van der Waals surface area contributed by atoms with Crippen LogP contribution in [0.4, 0.5) is 0 Å². The summed E-state index contributed by atoms with van der Waals surface area (Å²) in [5, 5.41) is 11.7. The second-order valence-corrected chi connectivity index (χ2v) is 14.0. The largest absolute Gasteiger partial charge is 0.493 e. The van der Waals surface area contributed by atoms with Gasteiger partial charge in [-0.15, -0.1) is 0 Å². The molecule has 3 rings (SSSR count). The minimum Gasteiger partial charge on any atom is -0.493 e. The summed E-state index contributed by atoms with van der Waals surface area (Å²) in [6, 6.07) is 5.12. The van der Waals surface area contributed by atoms with Crippen LogP contribution in [0.5, 0.6) is 11.5 Å². The average molecular weight is 525 g/mol. The summed E-state index contributed by atoms with van der Waals surface area (Å²) in [6.45, 7) is 13.2. The molecule has 0 spiro atoms. The Morgan fingerprint density at radius 1 is 0.806 bits per heavy atom. The van der Waals surface area contributed by atoms with Crippen LogP contribution < -0.4 is 9.47 Å². The van der Waals surface area contributed by atoms with Crippen molar-refractivity contribution in [1.29, 1.82) is 0 Å². The maximum absolute atomic E-state index is 14.8. The lowest BCUT2D eigenvalue weighted by Gasteiger charge is -2.42. The number of aliphatic hydroxyl groups is 1. The van der Waals surface area contributed by atoms with E-state index in [9.17, 15) is 9.67 Å². The Balaban J connectivity index is 2.00. The summed E-state index contributed by atoms with van der Waals surface area (Å²) >= 11 is 0. The van der Waals surface area contributed by atoms with E-state index in [1.54, 1.807) is 32.4 Å². The molecule has 206 valence electrons. The minimum absolute atomic E-state index is 0.215. The summed E-state index contributed by atoms with van der Waals surface area (Å²) in [6.07, 6.45) is 5.56. The fourth-order valence-electron chi connectivity index (χ4n) is 6.19. The zero-order valence-electron chi connectivity index (χ0n) is 23.6. The standard InChI is InChI=1S/C29H49O6P/c1-18(2)23-12-9-20(5)15-26(23)34-36(31,35-27-16-21(6)10-13-24(27)19(3)4)29(30)22-11-14-25(32-7)28(17-22)33-8/h11,14,17-21,23-24,26-27,29-30H,9-10,12-13,15-16H2,1-8H3/t20-,21+,23-,24-,26-,27-,29+,36?/m1/s1. The molecule has 0 saturated heterocycles. The molecule has 2 aliphatic rings. The molecule has 2 saturated carbocycles. The first-order valence-corrected chi connectivity index (χ1v) is 15.5. The van der Waals surface area contributed by atoms with Gasteiger partial charge >= 0.3 is 7.60 Å². The Bertz CT molecular complexity index is 849. The summed E-state index contributed by atoms with van der Waals surface area (Å²) in [4.78, 5) is 0. The highest BCUT2D eigenvalue weighted by atomic mass is 31.2. The summed E-state index contributed by atoms with van der Waals surface area (Å²) < 4.78 is 38.7. The van der Waals surface area contributed by atoms with Crippen molar-refractivity contribution < 1.29 is 28.2 Å². The molecular formula is C29H49O6P. The Hall–Kier alpha value is -1.07. The Morgan fingerprint density at radius 2 is 1.28 bits per heavy atom. The van der Waals surface area contributed by atoms with Crippen molar-refractivity contribution in [3.05, 3.63) is 23.8 Å². The Kier molecular flexibility index (Phi) is 10.4. The quantitative estimate of drug-likeness (QED) is 0.314. The highest BCUT2D eigenvalue weighted by Crippen LogP contribution is 2.64. The Morgan fingerprint density at radius 3 is 1.69 bits per heavy atom. The molecule has 8 atom stereocenters. The van der Waals surface area contributed by atoms with Crippen LogP contribution in [0, 0.1) is 35.5 Å². The van der Waals surface area contributed by atoms with Crippen LogP contribution in [0.3, 0.4) is 0 Å². The van der Waals surface area contributed by atoms with E-state index in [4.69, 9.17) is 18.5 Å². The van der Waals surface area contributed by atoms with E-state index in [1.807, 2.05) is 0 Å². The monoisotopic (exact) mass is 524 g/mol. The van der Waals surface area contributed by atoms with Crippen LogP contribution in [0.2, 0.25) is 0 Å². The molecule has 7 heteroatoms. The van der Waals surface area contributed by atoms with Crippen molar-refractivity contribution in [2.75, 3.05) is 14.2 Å². The van der Waals surface area contributed by atoms with Gasteiger partial charge in [-0.25, -0.2) is 0 Å². The van der Waals surface area contributed by atoms with Crippen LogP contribution in [-0.2, 0) is 13.6 Å². The van der Waals surface area contributed by atoms with Gasteiger partial charge < -0.3 is 23.6 Å². The molecule has 0 radical (unpaired) electrons. The SMILES string of the molecule is COc1ccc([C@@H](O)P(=O)(O[C@@H]2C[C@H](C)CC[C@@H]2C(C)C)O[C@@H]2C[C@@H](C)CC[C@@H]2C(C)C)cc1OC. The maximum atomic E-state index is 14.8. The Labute approximate surface area is 219 Å². The number of hydrogen-bond acceptors (Lipinski definition) is 6. The average Bonchev–Trinajstić information content (AvgIpc) is 2.82. The molecule has 36 heavy (non-hydrogen) atoms. The molecule has 1 aromatic rings. The van der Waals surface area contributed by atoms with Crippen LogP contribution in [0.25, 0.3) is 0 Å². The molecule has 0 heterocycles. The second-order valence-electron chi connectivity index (χ2n) is 12.0. The third-order valence-electron chi connectivity index (χ3n) is 8.49. The van der Waals surface area contributed by atoms with E-state index in [0.29, 0.717) is 40.7 Å². The molecule has 0 amide bonds. The number of hydrogen-bond donors (Lipinski definition) is 1. The minimum atomic E-state index is -3.97. The van der Waals surface area contributed by atoms with Crippen molar-refractivity contribution in [3.8, 4) is 11.5 Å². The summed E-state index contributed by atoms with van der Waals surface area (Å²) in [5.74, 6) is 1.92. The van der Waals surface area contributed by atoms with Gasteiger partial charge in [-0.3, -0.25) is 4.57 Å². The molecule has 1 aromatic carbocycles. The fraction of sp³-hybridized carbons (Fsp3) is 0.793. The first kappa shape index (κ1) is 29.5. The second kappa shape index (κ2) is 12.7. The van der Waals surface area contributed by atoms with Crippen molar-refractivity contribution in [2.45, 2.75) is 98.1 Å². The lowest BCUT2D eigenvalue weighted by Crippen LogP contribution is -2.37. The van der Waals surface area contributed by atoms with Crippen LogP contribution in [-0.4, -0.2) is 31.5 Å². The van der Waals surface area contributed by atoms with Crippen molar-refractivity contribution in [3.63, 3.8) is 0 Å². The molecule has 6 nitrogen and oxygen atoms in total. The molecule has 0 aliphatic heterocycles. The van der Waals surface area contributed by atoms with Gasteiger partial charge in [0.05, 0.1) is 26.4 Å². The van der Waals surface area contributed by atoms with Gasteiger partial charge in [0.15, 0.2) is 17.3 Å². The topological polar surface area (TPSA) is 74.2 Å². The van der Waals surface area contributed by atoms with E-state index in [-0.39, 0.29) is 24.0 Å². The lowest BCUT2D eigenvalue weighted by atomic mass is 9.75. The predicted octanol–water partition coefficient (Wildman–Crippen LogP) is 7.84. The number of benzene rings is 1. The molecular weight excluding hydrogens is 475 g/mol. The van der Waals surface area contributed by atoms with Gasteiger partial charge in [-0.2, -0.15) is 0 Å². The molecule has 2 aliphatic carbocycles. The van der Waals surface area contributed by atoms with Gasteiger partial charge in [0.25, 0.3) is 0 Å². The van der Waals surface area contributed by atoms with Crippen molar-refractivity contribution in [2.24, 2.45) is 35.5 Å². The fourth-order valence-corrected chi connectivity index (χ4v) is 8.23. The molecule has 1 unspecified atom stereocenters. The van der Waals surface area contributed by atoms with E-state index in [2.05, 4.69) is 41.5 Å². The van der Waals surface area contributed by atoms with Crippen molar-refractivity contribution in [1.82, 2.24) is 0 Å². The van der Waals surface area contributed by atoms with Gasteiger partial charge in [0, 0.05) is 0 Å². The van der Waals surface area contributed by atoms with E-state index in [0.717, 1.165) is 38.5 Å². The summed E-state index contributed by atoms with van der Waals surface area (Å²) in [7, 11) is -0.854. The third-order valence-corrected chi connectivity index (χ3v) is 10.5. The van der Waals surface area contributed by atoms with Crippen LogP contribution >= 0.6 is 7.60 Å². The number of aliphatic hydroxyl groups excluding tert-OH is 1. The number of rotatable bonds is 10. The molecule has 2 fully saturated rings. The van der Waals surface area contributed by atoms with Gasteiger partial charge in [0.2, 0.25) is 0 Å². The predicted molar refractivity (Wildman–Crippen MR) is 145 cm³/mol. The number of ether oxygens (including phenoxy) is 2. The van der Waals surface area contributed by atoms with E-state index in [1.165, 1.54) is 0 Å². The lowest BCUT2D eigenvalue weighted by molar-refractivity contribution is -0.0154. The first-order chi connectivity index (χ1) is 17.0. The van der Waals surface area contributed by atoms with Gasteiger partial charge in [-0.1, -0.05) is 60.5 Å². The van der Waals surface area contributed by atoms with E-state index < -0.39 is 13.4 Å². The highest BCUT2D eigenvalue weighted by molar-refractivity contribution is 7.54. The molecule has 1 N–H and O–H groups in total. The smallest absolute Gasteiger partial charge is 0.363 e. The zero-order valence-corrected chi connectivity index (χ0v) is 24.5. The normalized spacial score (nSPS) is 31.8. The zero-order chi connectivity index (χ0) is 26.6. The van der Waals surface area contributed by atoms with Crippen LogP contribution in [0.1, 0.15) is 91.5 Å². The number of methoxy groups -OCH3 is 2. The van der Waals surface area contributed by atoms with Gasteiger partial charge in [0.1, 0.15) is 0 Å². The maximum Gasteiger partial charge on any atom is 0.363 e. The molecule has 0 aromatic heterocycles. The van der Waals surface area contributed by atoms with Gasteiger partial charge in [-0.05, 0) is 78.9 Å². The third kappa shape index (κ3) is 6.87. The van der Waals surface area contributed by atoms with Crippen LogP contribution in [0.15, 0.2) is 18.2 Å². The van der Waals surface area contributed by atoms with Crippen molar-refractivity contribution >= 4 is 7.60 Å².